The SMILES string of the molecule is CCN(CC(C)(C)O)C(=O)c1ccc(C(=O)O)s1. The number of thiophene rings is 1. The third kappa shape index (κ3) is 3.82. The number of rotatable bonds is 5. The second-order valence-electron chi connectivity index (χ2n) is 4.60. The Morgan fingerprint density at radius 2 is 1.89 bits per heavy atom. The van der Waals surface area contributed by atoms with Gasteiger partial charge in [0.05, 0.1) is 10.5 Å². The van der Waals surface area contributed by atoms with Gasteiger partial charge in [-0.2, -0.15) is 0 Å². The molecular weight excluding hydrogens is 254 g/mol. The molecule has 0 bridgehead atoms. The van der Waals surface area contributed by atoms with Gasteiger partial charge in [0.2, 0.25) is 0 Å². The van der Waals surface area contributed by atoms with Gasteiger partial charge in [-0.1, -0.05) is 0 Å². The molecule has 0 aliphatic carbocycles. The fourth-order valence-electron chi connectivity index (χ4n) is 1.52. The summed E-state index contributed by atoms with van der Waals surface area (Å²) in [5, 5.41) is 18.5. The first-order valence-electron chi connectivity index (χ1n) is 5.59. The number of carbonyl (C=O) groups excluding carboxylic acids is 1. The third-order valence-electron chi connectivity index (χ3n) is 2.27. The molecule has 2 N–H and O–H groups in total. The molecule has 100 valence electrons. The number of carbonyl (C=O) groups is 2. The average molecular weight is 271 g/mol. The van der Waals surface area contributed by atoms with Gasteiger partial charge in [-0.3, -0.25) is 4.79 Å². The van der Waals surface area contributed by atoms with E-state index in [1.807, 2.05) is 6.92 Å². The Labute approximate surface area is 110 Å². The summed E-state index contributed by atoms with van der Waals surface area (Å²) >= 11 is 0.946. The van der Waals surface area contributed by atoms with E-state index in [0.29, 0.717) is 11.4 Å². The van der Waals surface area contributed by atoms with Crippen LogP contribution in [-0.2, 0) is 0 Å². The van der Waals surface area contributed by atoms with Crippen LogP contribution in [0.5, 0.6) is 0 Å². The van der Waals surface area contributed by atoms with Crippen molar-refractivity contribution in [1.29, 1.82) is 0 Å². The van der Waals surface area contributed by atoms with E-state index in [1.54, 1.807) is 13.8 Å². The van der Waals surface area contributed by atoms with E-state index in [0.717, 1.165) is 11.3 Å². The number of aromatic carboxylic acids is 1. The summed E-state index contributed by atoms with van der Waals surface area (Å²) in [7, 11) is 0. The van der Waals surface area contributed by atoms with Crippen molar-refractivity contribution in [2.24, 2.45) is 0 Å². The number of amides is 1. The lowest BCUT2D eigenvalue weighted by atomic mass is 10.1. The molecule has 0 aromatic carbocycles. The summed E-state index contributed by atoms with van der Waals surface area (Å²) in [4.78, 5) is 24.9. The number of aliphatic hydroxyl groups is 1. The lowest BCUT2D eigenvalue weighted by molar-refractivity contribution is 0.0317. The number of nitrogens with zero attached hydrogens (tertiary/aromatic N) is 1. The first-order valence-corrected chi connectivity index (χ1v) is 6.41. The molecule has 0 fully saturated rings. The maximum atomic E-state index is 12.1. The number of carboxylic acid groups (broad SMARTS) is 1. The van der Waals surface area contributed by atoms with Crippen molar-refractivity contribution in [3.63, 3.8) is 0 Å². The van der Waals surface area contributed by atoms with Gasteiger partial charge in [0.15, 0.2) is 0 Å². The van der Waals surface area contributed by atoms with Crippen LogP contribution >= 0.6 is 11.3 Å². The molecule has 1 rings (SSSR count). The van der Waals surface area contributed by atoms with E-state index >= 15 is 0 Å². The Hall–Kier alpha value is -1.40. The van der Waals surface area contributed by atoms with E-state index in [1.165, 1.54) is 17.0 Å². The topological polar surface area (TPSA) is 77.8 Å². The zero-order valence-electron chi connectivity index (χ0n) is 10.6. The monoisotopic (exact) mass is 271 g/mol. The van der Waals surface area contributed by atoms with E-state index in [9.17, 15) is 14.7 Å². The van der Waals surface area contributed by atoms with Gasteiger partial charge in [-0.25, -0.2) is 4.79 Å². The Bertz CT molecular complexity index is 447. The molecule has 18 heavy (non-hydrogen) atoms. The van der Waals surface area contributed by atoms with Crippen LogP contribution in [0.15, 0.2) is 12.1 Å². The van der Waals surface area contributed by atoms with Crippen molar-refractivity contribution in [2.75, 3.05) is 13.1 Å². The van der Waals surface area contributed by atoms with E-state index in [4.69, 9.17) is 5.11 Å². The Morgan fingerprint density at radius 1 is 1.33 bits per heavy atom. The summed E-state index contributed by atoms with van der Waals surface area (Å²) in [5.41, 5.74) is -0.974. The zero-order valence-corrected chi connectivity index (χ0v) is 11.5. The van der Waals surface area contributed by atoms with Crippen LogP contribution in [0.4, 0.5) is 0 Å². The molecule has 0 spiro atoms. The summed E-state index contributed by atoms with van der Waals surface area (Å²) in [6, 6.07) is 2.92. The highest BCUT2D eigenvalue weighted by atomic mass is 32.1. The summed E-state index contributed by atoms with van der Waals surface area (Å²) < 4.78 is 0. The standard InChI is InChI=1S/C12H17NO4S/c1-4-13(7-12(2,3)17)10(14)8-5-6-9(18-8)11(15)16/h5-6,17H,4,7H2,1-3H3,(H,15,16). The fourth-order valence-corrected chi connectivity index (χ4v) is 2.33. The number of hydrogen-bond donors (Lipinski definition) is 2. The molecule has 0 saturated carbocycles. The number of carboxylic acids is 1. The molecule has 1 aromatic heterocycles. The molecule has 0 saturated heterocycles. The summed E-state index contributed by atoms with van der Waals surface area (Å²) in [6.45, 7) is 5.74. The predicted molar refractivity (Wildman–Crippen MR) is 69.2 cm³/mol. The first-order chi connectivity index (χ1) is 8.24. The second-order valence-corrected chi connectivity index (χ2v) is 5.68. The van der Waals surface area contributed by atoms with Crippen LogP contribution in [0, 0.1) is 0 Å². The summed E-state index contributed by atoms with van der Waals surface area (Å²) in [5.74, 6) is -1.29. The smallest absolute Gasteiger partial charge is 0.345 e. The van der Waals surface area contributed by atoms with Gasteiger partial charge >= 0.3 is 5.97 Å². The molecule has 1 heterocycles. The Morgan fingerprint density at radius 3 is 2.28 bits per heavy atom. The Balaban J connectivity index is 2.86. The molecule has 0 aliphatic rings. The normalized spacial score (nSPS) is 11.3. The minimum Gasteiger partial charge on any atom is -0.477 e. The predicted octanol–water partition coefficient (Wildman–Crippen LogP) is 1.68. The van der Waals surface area contributed by atoms with Crippen LogP contribution in [0.2, 0.25) is 0 Å². The highest BCUT2D eigenvalue weighted by Gasteiger charge is 2.23. The van der Waals surface area contributed by atoms with Gasteiger partial charge in [0.25, 0.3) is 5.91 Å². The van der Waals surface area contributed by atoms with Gasteiger partial charge in [0.1, 0.15) is 4.88 Å². The van der Waals surface area contributed by atoms with Crippen molar-refractivity contribution in [2.45, 2.75) is 26.4 Å². The lowest BCUT2D eigenvalue weighted by Gasteiger charge is -2.27. The van der Waals surface area contributed by atoms with Crippen molar-refractivity contribution < 1.29 is 19.8 Å². The van der Waals surface area contributed by atoms with Crippen molar-refractivity contribution >= 4 is 23.2 Å². The molecule has 0 atom stereocenters. The van der Waals surface area contributed by atoms with E-state index in [-0.39, 0.29) is 17.3 Å². The van der Waals surface area contributed by atoms with Crippen molar-refractivity contribution in [3.8, 4) is 0 Å². The minimum absolute atomic E-state index is 0.137. The molecule has 1 aromatic rings. The van der Waals surface area contributed by atoms with Crippen LogP contribution in [0.25, 0.3) is 0 Å². The Kier molecular flexibility index (Phi) is 4.48. The number of likely N-dealkylation sites (N-methyl/N-ethyl adjacent to an activating group) is 1. The highest BCUT2D eigenvalue weighted by Crippen LogP contribution is 2.19. The molecular formula is C12H17NO4S. The van der Waals surface area contributed by atoms with Crippen LogP contribution in [0.3, 0.4) is 0 Å². The average Bonchev–Trinajstić information content (AvgIpc) is 2.72. The molecule has 5 nitrogen and oxygen atoms in total. The van der Waals surface area contributed by atoms with Crippen LogP contribution in [0.1, 0.15) is 40.1 Å². The molecule has 0 radical (unpaired) electrons. The van der Waals surface area contributed by atoms with Gasteiger partial charge in [-0.05, 0) is 32.9 Å². The van der Waals surface area contributed by atoms with E-state index in [2.05, 4.69) is 0 Å². The van der Waals surface area contributed by atoms with Crippen molar-refractivity contribution in [1.82, 2.24) is 4.90 Å². The van der Waals surface area contributed by atoms with Crippen molar-refractivity contribution in [3.05, 3.63) is 21.9 Å². The largest absolute Gasteiger partial charge is 0.477 e. The maximum absolute atomic E-state index is 12.1. The minimum atomic E-state index is -1.04. The zero-order chi connectivity index (χ0) is 13.9. The maximum Gasteiger partial charge on any atom is 0.345 e. The van der Waals surface area contributed by atoms with Gasteiger partial charge in [0, 0.05) is 13.1 Å². The molecule has 6 heteroatoms. The third-order valence-corrected chi connectivity index (χ3v) is 3.34. The number of hydrogen-bond acceptors (Lipinski definition) is 4. The fraction of sp³-hybridized carbons (Fsp3) is 0.500. The van der Waals surface area contributed by atoms with Crippen LogP contribution in [-0.4, -0.2) is 45.7 Å². The quantitative estimate of drug-likeness (QED) is 0.854. The van der Waals surface area contributed by atoms with Gasteiger partial charge < -0.3 is 15.1 Å². The molecule has 0 aliphatic heterocycles. The molecule has 1 amide bonds. The highest BCUT2D eigenvalue weighted by molar-refractivity contribution is 7.15. The first kappa shape index (κ1) is 14.7. The van der Waals surface area contributed by atoms with Crippen LogP contribution < -0.4 is 0 Å². The second kappa shape index (κ2) is 5.49. The molecule has 0 unspecified atom stereocenters. The lowest BCUT2D eigenvalue weighted by Crippen LogP contribution is -2.41. The summed E-state index contributed by atoms with van der Waals surface area (Å²) in [6.07, 6.45) is 0. The van der Waals surface area contributed by atoms with E-state index < -0.39 is 11.6 Å². The van der Waals surface area contributed by atoms with Gasteiger partial charge in [-0.15, -0.1) is 11.3 Å².